The van der Waals surface area contributed by atoms with Gasteiger partial charge in [-0.15, -0.1) is 0 Å². The number of hydrogen-bond donors (Lipinski definition) is 2. The zero-order valence-corrected chi connectivity index (χ0v) is 8.26. The molecule has 0 aromatic carbocycles. The predicted octanol–water partition coefficient (Wildman–Crippen LogP) is 1.15. The number of aliphatic hydroxyl groups excluding tert-OH is 1. The molecule has 15 heavy (non-hydrogen) atoms. The van der Waals surface area contributed by atoms with Crippen molar-refractivity contribution in [3.05, 3.63) is 29.6 Å². The Hall–Kier alpha value is -1.42. The first-order valence-corrected chi connectivity index (χ1v) is 5.01. The highest BCUT2D eigenvalue weighted by Crippen LogP contribution is 2.35. The van der Waals surface area contributed by atoms with E-state index < -0.39 is 12.1 Å². The first-order valence-electron chi connectivity index (χ1n) is 5.01. The van der Waals surface area contributed by atoms with Gasteiger partial charge in [-0.3, -0.25) is 9.78 Å². The highest BCUT2D eigenvalue weighted by atomic mass is 16.4. The molecule has 1 heterocycles. The molecule has 1 aliphatic rings. The van der Waals surface area contributed by atoms with Crippen molar-refractivity contribution >= 4 is 5.97 Å². The molecule has 0 amide bonds. The predicted molar refractivity (Wildman–Crippen MR) is 53.3 cm³/mol. The second kappa shape index (κ2) is 3.98. The summed E-state index contributed by atoms with van der Waals surface area (Å²) in [5.41, 5.74) is 1.87. The fraction of sp³-hybridized carbons (Fsp3) is 0.455. The summed E-state index contributed by atoms with van der Waals surface area (Å²) in [6, 6.07) is 1.88. The SMILES string of the molecule is O=C(O)CC1CCc2ccncc2C1O. The number of carbonyl (C=O) groups is 1. The smallest absolute Gasteiger partial charge is 0.303 e. The summed E-state index contributed by atoms with van der Waals surface area (Å²) in [6.45, 7) is 0. The number of carboxylic acids is 1. The molecule has 0 fully saturated rings. The van der Waals surface area contributed by atoms with Crippen molar-refractivity contribution in [2.24, 2.45) is 5.92 Å². The summed E-state index contributed by atoms with van der Waals surface area (Å²) >= 11 is 0. The molecule has 0 aliphatic heterocycles. The molecule has 4 nitrogen and oxygen atoms in total. The molecular weight excluding hydrogens is 194 g/mol. The quantitative estimate of drug-likeness (QED) is 0.763. The number of rotatable bonds is 2. The normalized spacial score (nSPS) is 24.6. The first-order chi connectivity index (χ1) is 7.18. The van der Waals surface area contributed by atoms with Gasteiger partial charge < -0.3 is 10.2 Å². The number of nitrogens with zero attached hydrogens (tertiary/aromatic N) is 1. The van der Waals surface area contributed by atoms with E-state index in [2.05, 4.69) is 4.98 Å². The van der Waals surface area contributed by atoms with Crippen molar-refractivity contribution in [1.82, 2.24) is 4.98 Å². The topological polar surface area (TPSA) is 70.4 Å². The highest BCUT2D eigenvalue weighted by Gasteiger charge is 2.29. The minimum Gasteiger partial charge on any atom is -0.481 e. The molecule has 1 aliphatic carbocycles. The number of fused-ring (bicyclic) bond motifs is 1. The number of aliphatic carboxylic acids is 1. The second-order valence-electron chi connectivity index (χ2n) is 3.92. The summed E-state index contributed by atoms with van der Waals surface area (Å²) in [7, 11) is 0. The van der Waals surface area contributed by atoms with Gasteiger partial charge >= 0.3 is 5.97 Å². The lowest BCUT2D eigenvalue weighted by Gasteiger charge is -2.28. The van der Waals surface area contributed by atoms with Crippen LogP contribution in [0.5, 0.6) is 0 Å². The van der Waals surface area contributed by atoms with Crippen LogP contribution >= 0.6 is 0 Å². The molecule has 2 rings (SSSR count). The van der Waals surface area contributed by atoms with Gasteiger partial charge in [-0.1, -0.05) is 0 Å². The van der Waals surface area contributed by atoms with Gasteiger partial charge in [0.05, 0.1) is 12.5 Å². The van der Waals surface area contributed by atoms with Gasteiger partial charge in [-0.25, -0.2) is 0 Å². The highest BCUT2D eigenvalue weighted by molar-refractivity contribution is 5.67. The van der Waals surface area contributed by atoms with Crippen LogP contribution in [-0.4, -0.2) is 21.2 Å². The van der Waals surface area contributed by atoms with E-state index in [9.17, 15) is 9.90 Å². The van der Waals surface area contributed by atoms with E-state index in [4.69, 9.17) is 5.11 Å². The fourth-order valence-corrected chi connectivity index (χ4v) is 2.12. The molecule has 4 heteroatoms. The molecule has 1 aromatic rings. The van der Waals surface area contributed by atoms with Crippen molar-refractivity contribution < 1.29 is 15.0 Å². The molecule has 0 spiro atoms. The molecule has 2 N–H and O–H groups in total. The second-order valence-corrected chi connectivity index (χ2v) is 3.92. The Morgan fingerprint density at radius 2 is 2.40 bits per heavy atom. The molecule has 1 aromatic heterocycles. The number of aryl methyl sites for hydroxylation is 1. The lowest BCUT2D eigenvalue weighted by Crippen LogP contribution is -2.23. The molecule has 0 saturated heterocycles. The van der Waals surface area contributed by atoms with E-state index in [-0.39, 0.29) is 12.3 Å². The minimum atomic E-state index is -0.855. The van der Waals surface area contributed by atoms with Crippen LogP contribution in [0.2, 0.25) is 0 Å². The van der Waals surface area contributed by atoms with Crippen LogP contribution in [0.25, 0.3) is 0 Å². The largest absolute Gasteiger partial charge is 0.481 e. The van der Waals surface area contributed by atoms with Crippen LogP contribution in [0.4, 0.5) is 0 Å². The van der Waals surface area contributed by atoms with Crippen molar-refractivity contribution in [2.75, 3.05) is 0 Å². The van der Waals surface area contributed by atoms with Gasteiger partial charge in [0.25, 0.3) is 0 Å². The summed E-state index contributed by atoms with van der Waals surface area (Å²) in [5, 5.41) is 18.7. The zero-order valence-electron chi connectivity index (χ0n) is 8.26. The average molecular weight is 207 g/mol. The van der Waals surface area contributed by atoms with Gasteiger partial charge in [0.15, 0.2) is 0 Å². The van der Waals surface area contributed by atoms with Gasteiger partial charge in [0.1, 0.15) is 0 Å². The molecule has 0 bridgehead atoms. The van der Waals surface area contributed by atoms with Gasteiger partial charge in [-0.05, 0) is 30.4 Å². The van der Waals surface area contributed by atoms with E-state index in [0.717, 1.165) is 24.0 Å². The first kappa shape index (κ1) is 10.1. The molecule has 0 radical (unpaired) electrons. The van der Waals surface area contributed by atoms with Crippen molar-refractivity contribution in [2.45, 2.75) is 25.4 Å². The standard InChI is InChI=1S/C11H13NO3/c13-10(14)5-8-2-1-7-3-4-12-6-9(7)11(8)15/h3-4,6,8,11,15H,1-2,5H2,(H,13,14). The van der Waals surface area contributed by atoms with Gasteiger partial charge in [0, 0.05) is 18.0 Å². The van der Waals surface area contributed by atoms with Crippen molar-refractivity contribution in [3.63, 3.8) is 0 Å². The summed E-state index contributed by atoms with van der Waals surface area (Å²) in [6.07, 6.45) is 4.22. The third kappa shape index (κ3) is 1.99. The Kier molecular flexibility index (Phi) is 2.68. The van der Waals surface area contributed by atoms with Crippen LogP contribution in [0, 0.1) is 5.92 Å². The van der Waals surface area contributed by atoms with Crippen molar-refractivity contribution in [1.29, 1.82) is 0 Å². The fourth-order valence-electron chi connectivity index (χ4n) is 2.12. The van der Waals surface area contributed by atoms with Crippen LogP contribution in [0.1, 0.15) is 30.1 Å². The Bertz CT molecular complexity index is 378. The third-order valence-electron chi connectivity index (χ3n) is 2.93. The zero-order chi connectivity index (χ0) is 10.8. The number of carboxylic acid groups (broad SMARTS) is 1. The van der Waals surface area contributed by atoms with Crippen LogP contribution in [0.15, 0.2) is 18.5 Å². The number of aromatic nitrogens is 1. The maximum Gasteiger partial charge on any atom is 0.303 e. The summed E-state index contributed by atoms with van der Waals surface area (Å²) in [4.78, 5) is 14.6. The van der Waals surface area contributed by atoms with E-state index >= 15 is 0 Å². The molecule has 2 atom stereocenters. The maximum atomic E-state index is 10.6. The summed E-state index contributed by atoms with van der Waals surface area (Å²) < 4.78 is 0. The molecular formula is C11H13NO3. The monoisotopic (exact) mass is 207 g/mol. The van der Waals surface area contributed by atoms with Crippen LogP contribution in [0.3, 0.4) is 0 Å². The van der Waals surface area contributed by atoms with E-state index in [1.807, 2.05) is 6.07 Å². The third-order valence-corrected chi connectivity index (χ3v) is 2.93. The average Bonchev–Trinajstić information content (AvgIpc) is 2.22. The van der Waals surface area contributed by atoms with E-state index in [1.54, 1.807) is 12.4 Å². The van der Waals surface area contributed by atoms with Gasteiger partial charge in [0.2, 0.25) is 0 Å². The maximum absolute atomic E-state index is 10.6. The van der Waals surface area contributed by atoms with E-state index in [0.29, 0.717) is 0 Å². The van der Waals surface area contributed by atoms with Crippen LogP contribution in [-0.2, 0) is 11.2 Å². The van der Waals surface area contributed by atoms with Crippen molar-refractivity contribution in [3.8, 4) is 0 Å². The molecule has 2 unspecified atom stereocenters. The Morgan fingerprint density at radius 3 is 3.13 bits per heavy atom. The summed E-state index contributed by atoms with van der Waals surface area (Å²) in [5.74, 6) is -1.04. The Morgan fingerprint density at radius 1 is 1.60 bits per heavy atom. The van der Waals surface area contributed by atoms with E-state index in [1.165, 1.54) is 0 Å². The van der Waals surface area contributed by atoms with Gasteiger partial charge in [-0.2, -0.15) is 0 Å². The molecule has 80 valence electrons. The minimum absolute atomic E-state index is 0.0233. The lowest BCUT2D eigenvalue weighted by atomic mass is 9.81. The number of hydrogen-bond acceptors (Lipinski definition) is 3. The van der Waals surface area contributed by atoms with Crippen LogP contribution < -0.4 is 0 Å². The Balaban J connectivity index is 2.22. The molecule has 0 saturated carbocycles. The number of aliphatic hydroxyl groups is 1. The number of pyridine rings is 1. The Labute approximate surface area is 87.6 Å². The lowest BCUT2D eigenvalue weighted by molar-refractivity contribution is -0.139.